The van der Waals surface area contributed by atoms with Crippen LogP contribution in [0.5, 0.6) is 0 Å². The zero-order valence-corrected chi connectivity index (χ0v) is 19.8. The molecule has 28 heavy (non-hydrogen) atoms. The molecule has 0 fully saturated rings. The first-order valence-corrected chi connectivity index (χ1v) is 3.42. The number of aliphatic hydroxyl groups excluding tert-OH is 8. The van der Waals surface area contributed by atoms with Crippen molar-refractivity contribution in [1.29, 1.82) is 0 Å². The van der Waals surface area contributed by atoms with Crippen molar-refractivity contribution in [2.24, 2.45) is 0 Å². The van der Waals surface area contributed by atoms with Crippen LogP contribution in [0.1, 0.15) is 0 Å². The molecule has 0 aromatic rings. The first kappa shape index (κ1) is 81.4. The maximum absolute atomic E-state index is 8.24. The Morgan fingerprint density at radius 2 is 0.286 bits per heavy atom. The minimum absolute atomic E-state index is 0. The summed E-state index contributed by atoms with van der Waals surface area (Å²) in [6.45, 7) is 4.00. The second-order valence-corrected chi connectivity index (χ2v) is 0.730. The van der Waals surface area contributed by atoms with E-state index >= 15 is 0 Å². The zero-order valence-electron chi connectivity index (χ0n) is 13.6. The van der Waals surface area contributed by atoms with Crippen LogP contribution in [0.15, 0.2) is 0 Å². The topological polar surface area (TPSA) is 298 Å². The molecule has 0 aliphatic carbocycles. The largest absolute Gasteiger partial charge is 3.00 e. The Morgan fingerprint density at radius 3 is 0.286 bits per heavy atom. The number of hydrogen-bond donors (Lipinski definition) is 8. The van der Waals surface area contributed by atoms with Gasteiger partial charge in [-0.15, -0.1) is 0 Å². The molecule has 0 amide bonds. The van der Waals surface area contributed by atoms with Crippen LogP contribution in [0, 0.1) is 0 Å². The van der Waals surface area contributed by atoms with E-state index in [0.717, 1.165) is 0 Å². The molecule has 0 atom stereocenters. The predicted octanol–water partition coefficient (Wildman–Crippen LogP) is -9.10. The Bertz CT molecular complexity index is 175. The van der Waals surface area contributed by atoms with Crippen molar-refractivity contribution >= 4 is 51.8 Å². The Morgan fingerprint density at radius 1 is 0.286 bits per heavy atom. The van der Waals surface area contributed by atoms with E-state index in [1.54, 1.807) is 0 Å². The molecule has 0 aliphatic rings. The van der Waals surface area contributed by atoms with E-state index in [-0.39, 0.29) is 93.3 Å². The van der Waals surface area contributed by atoms with Gasteiger partial charge < -0.3 is 79.2 Å². The summed E-state index contributed by atoms with van der Waals surface area (Å²) in [5.74, 6) is 0. The maximum atomic E-state index is 8.24. The third kappa shape index (κ3) is 9740. The molecule has 0 heterocycles. The molecule has 0 unspecified atom stereocenters. The molecule has 8 N–H and O–H groups in total. The molecule has 0 saturated carbocycles. The summed E-state index contributed by atoms with van der Waals surface area (Å²) in [6, 6.07) is 0. The summed E-state index contributed by atoms with van der Waals surface area (Å²) in [6.07, 6.45) is 0. The van der Waals surface area contributed by atoms with Gasteiger partial charge in [0.15, 0.2) is 0 Å². The summed E-state index contributed by atoms with van der Waals surface area (Å²) in [4.78, 5) is 65.9. The fourth-order valence-corrected chi connectivity index (χ4v) is 0. The fourth-order valence-electron chi connectivity index (χ4n) is 0. The average molecular weight is 518 g/mol. The first-order valence-electron chi connectivity index (χ1n) is 3.42. The molecular weight excluding hydrogens is 510 g/mol. The Hall–Kier alpha value is -1.20. The zero-order chi connectivity index (χ0) is 21.7. The van der Waals surface area contributed by atoms with Gasteiger partial charge in [-0.2, -0.15) is 0 Å². The van der Waals surface area contributed by atoms with Crippen molar-refractivity contribution in [3.8, 4) is 0 Å². The van der Waals surface area contributed by atoms with Gasteiger partial charge >= 0.3 is 93.3 Å². The normalized spacial score (nSPS) is 3.43. The summed E-state index contributed by atoms with van der Waals surface area (Å²) in [5.41, 5.74) is 0. The van der Waals surface area contributed by atoms with E-state index in [4.69, 9.17) is 79.2 Å². The fraction of sp³-hybridized carbons (Fsp3) is 0. The van der Waals surface area contributed by atoms with Gasteiger partial charge in [0.25, 0.3) is 0 Å². The molecule has 0 saturated heterocycles. The van der Waals surface area contributed by atoms with Crippen molar-refractivity contribution in [1.82, 2.24) is 0 Å². The van der Waals surface area contributed by atoms with Gasteiger partial charge in [0, 0.05) is 0 Å². The van der Waals surface area contributed by atoms with E-state index in [0.29, 0.717) is 51.8 Å². The summed E-state index contributed by atoms with van der Waals surface area (Å²) < 4.78 is 0. The Labute approximate surface area is 222 Å². The SMILES string of the molecule is O=[C-]O.O=[C-]O.O=[C-]O.O=[C-]O.O=[C-]O.O=[C-]O.O=[C-]O.O=[C-]O.[Fe+3].[Fe+3].[Na+].[Na+]. The van der Waals surface area contributed by atoms with Crippen LogP contribution in [0.25, 0.3) is 0 Å². The Kier molecular flexibility index (Phi) is 998. The van der Waals surface area contributed by atoms with Crippen LogP contribution < -0.4 is 59.1 Å². The summed E-state index contributed by atoms with van der Waals surface area (Å²) >= 11 is 0. The number of rotatable bonds is 0. The summed E-state index contributed by atoms with van der Waals surface area (Å²) in [5, 5.41) is 54.1. The first-order chi connectivity index (χ1) is 11.3. The number of hydrogen-bond acceptors (Lipinski definition) is 8. The van der Waals surface area contributed by atoms with Gasteiger partial charge in [-0.05, 0) is 0 Å². The van der Waals surface area contributed by atoms with E-state index < -0.39 is 0 Å². The van der Waals surface area contributed by atoms with Crippen molar-refractivity contribution in [3.05, 3.63) is 0 Å². The van der Waals surface area contributed by atoms with E-state index in [1.807, 2.05) is 0 Å². The van der Waals surface area contributed by atoms with Crippen molar-refractivity contribution < 1.29 is 172 Å². The molecule has 154 valence electrons. The van der Waals surface area contributed by atoms with E-state index in [1.165, 1.54) is 0 Å². The van der Waals surface area contributed by atoms with Gasteiger partial charge in [-0.25, -0.2) is 0 Å². The molecular formula is C8H8Fe2Na2O16. The van der Waals surface area contributed by atoms with Crippen molar-refractivity contribution in [3.63, 3.8) is 0 Å². The molecule has 0 aromatic carbocycles. The molecule has 0 rings (SSSR count). The molecule has 0 bridgehead atoms. The van der Waals surface area contributed by atoms with Crippen LogP contribution >= 0.6 is 0 Å². The Balaban J connectivity index is -0.0000000102. The van der Waals surface area contributed by atoms with Gasteiger partial charge in [-0.1, -0.05) is 51.8 Å². The minimum Gasteiger partial charge on any atom is -0.665 e. The second-order valence-electron chi connectivity index (χ2n) is 0.730. The van der Waals surface area contributed by atoms with Gasteiger partial charge in [-0.3, -0.25) is 0 Å². The third-order valence-electron chi connectivity index (χ3n) is 0. The minimum atomic E-state index is 0. The molecule has 0 spiro atoms. The molecule has 16 nitrogen and oxygen atoms in total. The monoisotopic (exact) mass is 518 g/mol. The van der Waals surface area contributed by atoms with Crippen LogP contribution in [-0.2, 0) is 72.5 Å². The standard InChI is InChI=1S/8CHO2.2Fe.2Na/c8*2-1-3;;;;/h8*(H,2,3);;;;/q8*-1;2*+3;2*+1. The smallest absolute Gasteiger partial charge is 0.665 e. The van der Waals surface area contributed by atoms with E-state index in [9.17, 15) is 0 Å². The van der Waals surface area contributed by atoms with E-state index in [2.05, 4.69) is 0 Å². The third-order valence-corrected chi connectivity index (χ3v) is 0. The van der Waals surface area contributed by atoms with Gasteiger partial charge in [0.1, 0.15) is 0 Å². The second kappa shape index (κ2) is 343. The molecule has 0 aliphatic heterocycles. The maximum Gasteiger partial charge on any atom is 3.00 e. The molecule has 20 heteroatoms. The van der Waals surface area contributed by atoms with Gasteiger partial charge in [0.05, 0.1) is 0 Å². The van der Waals surface area contributed by atoms with Crippen molar-refractivity contribution in [2.75, 3.05) is 0 Å². The van der Waals surface area contributed by atoms with Gasteiger partial charge in [0.2, 0.25) is 0 Å². The molecule has 2 radical (unpaired) electrons. The van der Waals surface area contributed by atoms with Crippen molar-refractivity contribution in [2.45, 2.75) is 0 Å². The van der Waals surface area contributed by atoms with Crippen LogP contribution in [0.2, 0.25) is 0 Å². The quantitative estimate of drug-likeness (QED) is 0.109. The molecule has 0 aromatic heterocycles. The van der Waals surface area contributed by atoms with Crippen LogP contribution in [0.4, 0.5) is 0 Å². The summed E-state index contributed by atoms with van der Waals surface area (Å²) in [7, 11) is 0. The van der Waals surface area contributed by atoms with Crippen LogP contribution in [-0.4, -0.2) is 92.6 Å². The van der Waals surface area contributed by atoms with Crippen LogP contribution in [0.3, 0.4) is 0 Å². The predicted molar refractivity (Wildman–Crippen MR) is 66.6 cm³/mol. The average Bonchev–Trinajstić information content (AvgIpc) is 2.45.